The number of aliphatic carboxylic acids is 1. The number of nitrogens with zero attached hydrogens (tertiary/aromatic N) is 1. The van der Waals surface area contributed by atoms with E-state index in [1.165, 1.54) is 18.4 Å². The van der Waals surface area contributed by atoms with Crippen molar-refractivity contribution in [2.75, 3.05) is 11.9 Å². The average molecular weight is 477 g/mol. The molecule has 0 saturated carbocycles. The summed E-state index contributed by atoms with van der Waals surface area (Å²) in [6.07, 6.45) is 6.57. The first-order valence-corrected chi connectivity index (χ1v) is 12.3. The van der Waals surface area contributed by atoms with Gasteiger partial charge in [0.2, 0.25) is 5.91 Å². The van der Waals surface area contributed by atoms with Gasteiger partial charge in [-0.2, -0.15) is 0 Å². The largest absolute Gasteiger partial charge is 0.491 e. The number of benzene rings is 2. The Morgan fingerprint density at radius 3 is 2.66 bits per heavy atom. The molecule has 1 amide bonds. The van der Waals surface area contributed by atoms with Crippen LogP contribution in [0.25, 0.3) is 16.5 Å². The van der Waals surface area contributed by atoms with E-state index in [9.17, 15) is 9.59 Å². The first-order valence-electron chi connectivity index (χ1n) is 12.3. The van der Waals surface area contributed by atoms with Gasteiger partial charge in [-0.3, -0.25) is 9.59 Å². The van der Waals surface area contributed by atoms with E-state index in [1.807, 2.05) is 19.1 Å². The molecule has 2 N–H and O–H groups in total. The topological polar surface area (TPSA) is 80.6 Å². The van der Waals surface area contributed by atoms with E-state index >= 15 is 0 Å². The van der Waals surface area contributed by atoms with Crippen LogP contribution < -0.4 is 10.1 Å². The summed E-state index contributed by atoms with van der Waals surface area (Å²) in [7, 11) is 0. The Hall–Kier alpha value is -3.54. The fourth-order valence-electron chi connectivity index (χ4n) is 4.29. The summed E-state index contributed by atoms with van der Waals surface area (Å²) >= 11 is 0. The highest BCUT2D eigenvalue weighted by molar-refractivity contribution is 6.04. The standard InChI is InChI=1S/C29H36N2O4/c1-5-9-20(2)22(4)31-16-15-24-19-23(13-14-26(24)31)21(3)18-28(32)30-25-10-6-7-11-27(25)35-17-8-12-29(33)34/h6-7,10-11,13-16,18-20,22H,5,8-9,12,17H2,1-4H3,(H,30,32)(H,33,34). The SMILES string of the molecule is CCCC(C)C(C)n1ccc2cc(C(C)=CC(=O)Nc3ccccc3OCCCC(=O)O)ccc21. The molecule has 35 heavy (non-hydrogen) atoms. The van der Waals surface area contributed by atoms with E-state index in [2.05, 4.69) is 61.1 Å². The van der Waals surface area contributed by atoms with Crippen LogP contribution in [0.4, 0.5) is 5.69 Å². The lowest BCUT2D eigenvalue weighted by atomic mass is 9.98. The number of nitrogens with one attached hydrogen (secondary N) is 1. The number of ether oxygens (including phenoxy) is 1. The molecule has 3 aromatic rings. The number of rotatable bonds is 12. The van der Waals surface area contributed by atoms with Crippen molar-refractivity contribution in [1.82, 2.24) is 4.57 Å². The Balaban J connectivity index is 1.70. The number of para-hydroxylation sites is 2. The number of hydrogen-bond donors (Lipinski definition) is 2. The molecule has 6 nitrogen and oxygen atoms in total. The molecular formula is C29H36N2O4. The van der Waals surface area contributed by atoms with Crippen molar-refractivity contribution in [2.24, 2.45) is 5.92 Å². The molecule has 0 aliphatic rings. The monoisotopic (exact) mass is 476 g/mol. The summed E-state index contributed by atoms with van der Waals surface area (Å²) in [4.78, 5) is 23.4. The molecule has 0 fully saturated rings. The van der Waals surface area contributed by atoms with Crippen LogP contribution in [0.15, 0.2) is 60.8 Å². The zero-order valence-electron chi connectivity index (χ0n) is 21.1. The zero-order chi connectivity index (χ0) is 25.4. The van der Waals surface area contributed by atoms with E-state index in [0.717, 1.165) is 16.5 Å². The van der Waals surface area contributed by atoms with Gasteiger partial charge in [-0.15, -0.1) is 0 Å². The minimum Gasteiger partial charge on any atom is -0.491 e. The van der Waals surface area contributed by atoms with Gasteiger partial charge in [0.15, 0.2) is 0 Å². The van der Waals surface area contributed by atoms with Gasteiger partial charge in [0.1, 0.15) is 5.75 Å². The third kappa shape index (κ3) is 6.98. The number of carboxylic acids is 1. The zero-order valence-corrected chi connectivity index (χ0v) is 21.1. The van der Waals surface area contributed by atoms with Gasteiger partial charge in [-0.25, -0.2) is 0 Å². The third-order valence-electron chi connectivity index (χ3n) is 6.47. The number of carboxylic acid groups (broad SMARTS) is 1. The summed E-state index contributed by atoms with van der Waals surface area (Å²) < 4.78 is 8.02. The molecule has 1 heterocycles. The van der Waals surface area contributed by atoms with Crippen LogP contribution in [0.1, 0.15) is 65.0 Å². The van der Waals surface area contributed by atoms with Crippen molar-refractivity contribution >= 4 is 34.0 Å². The summed E-state index contributed by atoms with van der Waals surface area (Å²) in [6.45, 7) is 9.00. The molecule has 186 valence electrons. The van der Waals surface area contributed by atoms with E-state index < -0.39 is 5.97 Å². The Bertz CT molecular complexity index is 1190. The van der Waals surface area contributed by atoms with Crippen LogP contribution in [-0.4, -0.2) is 28.2 Å². The summed E-state index contributed by atoms with van der Waals surface area (Å²) in [5.41, 5.74) is 3.62. The minimum atomic E-state index is -0.855. The molecule has 0 radical (unpaired) electrons. The molecule has 2 atom stereocenters. The van der Waals surface area contributed by atoms with Crippen LogP contribution in [-0.2, 0) is 9.59 Å². The summed E-state index contributed by atoms with van der Waals surface area (Å²) in [5, 5.41) is 12.8. The second-order valence-corrected chi connectivity index (χ2v) is 9.16. The molecule has 0 aliphatic heterocycles. The van der Waals surface area contributed by atoms with Crippen LogP contribution in [0, 0.1) is 5.92 Å². The first-order chi connectivity index (χ1) is 16.8. The molecular weight excluding hydrogens is 440 g/mol. The third-order valence-corrected chi connectivity index (χ3v) is 6.47. The van der Waals surface area contributed by atoms with Gasteiger partial charge in [-0.1, -0.05) is 38.5 Å². The molecule has 0 bridgehead atoms. The van der Waals surface area contributed by atoms with E-state index in [-0.39, 0.29) is 18.9 Å². The number of amides is 1. The highest BCUT2D eigenvalue weighted by Gasteiger charge is 2.15. The van der Waals surface area contributed by atoms with Gasteiger partial charge in [-0.05, 0) is 74.1 Å². The van der Waals surface area contributed by atoms with E-state index in [1.54, 1.807) is 18.2 Å². The molecule has 0 spiro atoms. The maximum Gasteiger partial charge on any atom is 0.303 e. The highest BCUT2D eigenvalue weighted by Crippen LogP contribution is 2.29. The fourth-order valence-corrected chi connectivity index (χ4v) is 4.29. The number of fused-ring (bicyclic) bond motifs is 1. The summed E-state index contributed by atoms with van der Waals surface area (Å²) in [5.74, 6) is 0.0194. The first kappa shape index (κ1) is 26.1. The van der Waals surface area contributed by atoms with Crippen molar-refractivity contribution in [2.45, 2.75) is 59.4 Å². The Morgan fingerprint density at radius 2 is 1.91 bits per heavy atom. The molecule has 2 unspecified atom stereocenters. The van der Waals surface area contributed by atoms with E-state index in [0.29, 0.717) is 29.8 Å². The van der Waals surface area contributed by atoms with Crippen LogP contribution in [0.5, 0.6) is 5.75 Å². The number of carbonyl (C=O) groups is 2. The Labute approximate surface area is 207 Å². The number of anilines is 1. The van der Waals surface area contributed by atoms with Gasteiger partial charge in [0.25, 0.3) is 0 Å². The molecule has 2 aromatic carbocycles. The lowest BCUT2D eigenvalue weighted by molar-refractivity contribution is -0.137. The molecule has 1 aromatic heterocycles. The fraction of sp³-hybridized carbons (Fsp3) is 0.379. The van der Waals surface area contributed by atoms with Crippen LogP contribution >= 0.6 is 0 Å². The van der Waals surface area contributed by atoms with Gasteiger partial charge >= 0.3 is 5.97 Å². The molecule has 6 heteroatoms. The Kier molecular flexibility index (Phi) is 9.12. The van der Waals surface area contributed by atoms with Gasteiger partial charge in [0, 0.05) is 35.6 Å². The maximum atomic E-state index is 12.7. The lowest BCUT2D eigenvalue weighted by Crippen LogP contribution is -2.13. The summed E-state index contributed by atoms with van der Waals surface area (Å²) in [6, 6.07) is 16.0. The number of carbonyl (C=O) groups excluding carboxylic acids is 1. The quantitative estimate of drug-likeness (QED) is 0.219. The van der Waals surface area contributed by atoms with Crippen molar-refractivity contribution in [3.05, 3.63) is 66.4 Å². The minimum absolute atomic E-state index is 0.0425. The van der Waals surface area contributed by atoms with Crippen molar-refractivity contribution in [3.8, 4) is 5.75 Å². The smallest absolute Gasteiger partial charge is 0.303 e. The normalized spacial score (nSPS) is 13.4. The van der Waals surface area contributed by atoms with Crippen LogP contribution in [0.2, 0.25) is 0 Å². The number of hydrogen-bond acceptors (Lipinski definition) is 3. The van der Waals surface area contributed by atoms with E-state index in [4.69, 9.17) is 9.84 Å². The predicted octanol–water partition coefficient (Wildman–Crippen LogP) is 6.92. The lowest BCUT2D eigenvalue weighted by Gasteiger charge is -2.22. The van der Waals surface area contributed by atoms with Crippen LogP contribution in [0.3, 0.4) is 0 Å². The van der Waals surface area contributed by atoms with Gasteiger partial charge < -0.3 is 19.7 Å². The van der Waals surface area contributed by atoms with Crippen molar-refractivity contribution in [3.63, 3.8) is 0 Å². The molecule has 0 aliphatic carbocycles. The second kappa shape index (κ2) is 12.2. The molecule has 0 saturated heterocycles. The molecule has 3 rings (SSSR count). The van der Waals surface area contributed by atoms with Crippen molar-refractivity contribution in [1.29, 1.82) is 0 Å². The second-order valence-electron chi connectivity index (χ2n) is 9.16. The Morgan fingerprint density at radius 1 is 1.14 bits per heavy atom. The van der Waals surface area contributed by atoms with Crippen molar-refractivity contribution < 1.29 is 19.4 Å². The average Bonchev–Trinajstić information content (AvgIpc) is 3.25. The maximum absolute atomic E-state index is 12.7. The predicted molar refractivity (Wildman–Crippen MR) is 142 cm³/mol. The number of allylic oxidation sites excluding steroid dienone is 1. The highest BCUT2D eigenvalue weighted by atomic mass is 16.5. The van der Waals surface area contributed by atoms with Gasteiger partial charge in [0.05, 0.1) is 12.3 Å². The number of aromatic nitrogens is 1.